The van der Waals surface area contributed by atoms with Crippen LogP contribution in [0.5, 0.6) is 0 Å². The maximum absolute atomic E-state index is 8.69. The Morgan fingerprint density at radius 3 is 2.92 bits per heavy atom. The minimum absolute atomic E-state index is 0.0290. The quantitative estimate of drug-likeness (QED) is 0.684. The van der Waals surface area contributed by atoms with E-state index in [-0.39, 0.29) is 12.3 Å². The van der Waals surface area contributed by atoms with Gasteiger partial charge in [0.05, 0.1) is 5.69 Å². The molecule has 1 aromatic rings. The topological polar surface area (TPSA) is 82.9 Å². The van der Waals surface area contributed by atoms with Gasteiger partial charge in [0.15, 0.2) is 5.69 Å². The Balaban J connectivity index is 3.16. The summed E-state index contributed by atoms with van der Waals surface area (Å²) in [4.78, 5) is 4.00. The molecule has 0 unspecified atom stereocenters. The molecule has 0 saturated carbocycles. The number of aryl methyl sites for hydroxylation is 1. The van der Waals surface area contributed by atoms with Crippen LogP contribution < -0.4 is 5.73 Å². The van der Waals surface area contributed by atoms with Gasteiger partial charge in [0, 0.05) is 18.7 Å². The van der Waals surface area contributed by atoms with Crippen molar-refractivity contribution < 1.29 is 5.11 Å². The fraction of sp³-hybridized carbons (Fsp3) is 0.333. The van der Waals surface area contributed by atoms with Crippen LogP contribution in [0, 0.1) is 18.3 Å². The van der Waals surface area contributed by atoms with Crippen molar-refractivity contribution in [2.24, 2.45) is 0 Å². The molecule has 4 nitrogen and oxygen atoms in total. The first-order valence-corrected chi connectivity index (χ1v) is 3.96. The van der Waals surface area contributed by atoms with E-state index < -0.39 is 0 Å². The number of nitriles is 1. The number of nitrogens with zero attached hydrogens (tertiary/aromatic N) is 2. The van der Waals surface area contributed by atoms with Crippen LogP contribution in [0.25, 0.3) is 0 Å². The maximum Gasteiger partial charge on any atom is 0.163 e. The highest BCUT2D eigenvalue weighted by molar-refractivity contribution is 5.55. The van der Waals surface area contributed by atoms with Gasteiger partial charge in [-0.25, -0.2) is 4.98 Å². The summed E-state index contributed by atoms with van der Waals surface area (Å²) >= 11 is 0. The maximum atomic E-state index is 8.69. The summed E-state index contributed by atoms with van der Waals surface area (Å²) < 4.78 is 0. The van der Waals surface area contributed by atoms with Crippen LogP contribution >= 0.6 is 0 Å². The van der Waals surface area contributed by atoms with E-state index in [9.17, 15) is 0 Å². The average molecular weight is 177 g/mol. The second-order valence-electron chi connectivity index (χ2n) is 2.78. The molecule has 0 saturated heterocycles. The van der Waals surface area contributed by atoms with Crippen molar-refractivity contribution in [3.8, 4) is 6.07 Å². The third-order valence-corrected chi connectivity index (χ3v) is 1.79. The molecule has 0 radical (unpaired) electrons. The zero-order chi connectivity index (χ0) is 9.84. The van der Waals surface area contributed by atoms with E-state index in [1.54, 1.807) is 6.07 Å². The molecule has 0 aliphatic heterocycles. The van der Waals surface area contributed by atoms with Gasteiger partial charge in [0.25, 0.3) is 0 Å². The molecule has 68 valence electrons. The van der Waals surface area contributed by atoms with Crippen molar-refractivity contribution in [3.05, 3.63) is 23.0 Å². The number of anilines is 1. The summed E-state index contributed by atoms with van der Waals surface area (Å²) in [6.45, 7) is 1.85. The number of aliphatic hydroxyl groups excluding tert-OH is 1. The Kier molecular flexibility index (Phi) is 2.83. The number of aromatic nitrogens is 1. The number of aliphatic hydroxyl groups is 1. The molecule has 1 aromatic heterocycles. The number of nitrogen functional groups attached to an aromatic ring is 1. The molecule has 0 aliphatic carbocycles. The lowest BCUT2D eigenvalue weighted by atomic mass is 10.1. The fourth-order valence-electron chi connectivity index (χ4n) is 1.08. The largest absolute Gasteiger partial charge is 0.396 e. The van der Waals surface area contributed by atoms with Gasteiger partial charge in [-0.05, 0) is 18.6 Å². The highest BCUT2D eigenvalue weighted by Gasteiger charge is 2.05. The van der Waals surface area contributed by atoms with Gasteiger partial charge < -0.3 is 10.8 Å². The van der Waals surface area contributed by atoms with Crippen LogP contribution in [0.15, 0.2) is 6.07 Å². The predicted molar refractivity (Wildman–Crippen MR) is 48.9 cm³/mol. The van der Waals surface area contributed by atoms with E-state index >= 15 is 0 Å². The first kappa shape index (κ1) is 9.49. The normalized spacial score (nSPS) is 9.62. The van der Waals surface area contributed by atoms with Crippen LogP contribution in [0.4, 0.5) is 5.69 Å². The van der Waals surface area contributed by atoms with Gasteiger partial charge in [0.1, 0.15) is 6.07 Å². The number of hydrogen-bond acceptors (Lipinski definition) is 4. The minimum atomic E-state index is 0.0290. The van der Waals surface area contributed by atoms with Crippen molar-refractivity contribution in [3.63, 3.8) is 0 Å². The van der Waals surface area contributed by atoms with E-state index in [0.29, 0.717) is 17.8 Å². The Morgan fingerprint density at radius 1 is 1.69 bits per heavy atom. The first-order chi connectivity index (χ1) is 6.19. The Hall–Kier alpha value is -1.60. The van der Waals surface area contributed by atoms with Crippen LogP contribution in [0.1, 0.15) is 17.0 Å². The second-order valence-corrected chi connectivity index (χ2v) is 2.78. The molecule has 0 atom stereocenters. The lowest BCUT2D eigenvalue weighted by Crippen LogP contribution is -2.02. The van der Waals surface area contributed by atoms with Crippen molar-refractivity contribution in [2.45, 2.75) is 13.3 Å². The highest BCUT2D eigenvalue weighted by Crippen LogP contribution is 2.15. The Bertz CT molecular complexity index is 355. The third kappa shape index (κ3) is 1.95. The molecule has 4 heteroatoms. The molecular formula is C9H11N3O. The summed E-state index contributed by atoms with van der Waals surface area (Å²) in [7, 11) is 0. The monoisotopic (exact) mass is 177 g/mol. The Labute approximate surface area is 76.6 Å². The van der Waals surface area contributed by atoms with E-state index in [4.69, 9.17) is 16.1 Å². The van der Waals surface area contributed by atoms with E-state index in [2.05, 4.69) is 4.98 Å². The van der Waals surface area contributed by atoms with Crippen LogP contribution in [-0.4, -0.2) is 16.7 Å². The molecule has 13 heavy (non-hydrogen) atoms. The molecule has 1 heterocycles. The average Bonchev–Trinajstić information content (AvgIpc) is 2.11. The zero-order valence-corrected chi connectivity index (χ0v) is 7.41. The van der Waals surface area contributed by atoms with Crippen molar-refractivity contribution in [2.75, 3.05) is 12.3 Å². The first-order valence-electron chi connectivity index (χ1n) is 3.96. The van der Waals surface area contributed by atoms with Gasteiger partial charge in [0.2, 0.25) is 0 Å². The number of nitrogens with two attached hydrogens (primary N) is 1. The lowest BCUT2D eigenvalue weighted by Gasteiger charge is -2.04. The zero-order valence-electron chi connectivity index (χ0n) is 7.41. The highest BCUT2D eigenvalue weighted by atomic mass is 16.3. The summed E-state index contributed by atoms with van der Waals surface area (Å²) in [5.74, 6) is 0. The van der Waals surface area contributed by atoms with E-state index in [0.717, 1.165) is 5.56 Å². The molecule has 0 aliphatic rings. The van der Waals surface area contributed by atoms with Gasteiger partial charge in [-0.15, -0.1) is 0 Å². The van der Waals surface area contributed by atoms with Crippen LogP contribution in [-0.2, 0) is 6.42 Å². The SMILES string of the molecule is Cc1cc(CCO)nc(C#N)c1N. The van der Waals surface area contributed by atoms with Crippen molar-refractivity contribution in [1.29, 1.82) is 5.26 Å². The second kappa shape index (κ2) is 3.87. The number of rotatable bonds is 2. The molecule has 0 fully saturated rings. The molecule has 0 aromatic carbocycles. The summed E-state index contributed by atoms with van der Waals surface area (Å²) in [6, 6.07) is 3.70. The van der Waals surface area contributed by atoms with Gasteiger partial charge in [-0.2, -0.15) is 5.26 Å². The molecule has 0 bridgehead atoms. The van der Waals surface area contributed by atoms with Crippen LogP contribution in [0.2, 0.25) is 0 Å². The number of hydrogen-bond donors (Lipinski definition) is 2. The minimum Gasteiger partial charge on any atom is -0.396 e. The van der Waals surface area contributed by atoms with Crippen molar-refractivity contribution >= 4 is 5.69 Å². The summed E-state index contributed by atoms with van der Waals surface area (Å²) in [6.07, 6.45) is 0.454. The summed E-state index contributed by atoms with van der Waals surface area (Å²) in [5, 5.41) is 17.4. The van der Waals surface area contributed by atoms with Crippen molar-refractivity contribution in [1.82, 2.24) is 4.98 Å². The van der Waals surface area contributed by atoms with Crippen LogP contribution in [0.3, 0.4) is 0 Å². The van der Waals surface area contributed by atoms with Gasteiger partial charge in [-0.1, -0.05) is 0 Å². The lowest BCUT2D eigenvalue weighted by molar-refractivity contribution is 0.298. The van der Waals surface area contributed by atoms with E-state index in [1.807, 2.05) is 13.0 Å². The number of pyridine rings is 1. The van der Waals surface area contributed by atoms with Gasteiger partial charge >= 0.3 is 0 Å². The Morgan fingerprint density at radius 2 is 2.38 bits per heavy atom. The predicted octanol–water partition coefficient (Wildman–Crippen LogP) is 0.379. The summed E-state index contributed by atoms with van der Waals surface area (Å²) in [5.41, 5.74) is 7.80. The molecule has 1 rings (SSSR count). The molecule has 3 N–H and O–H groups in total. The molecule has 0 spiro atoms. The molecule has 0 amide bonds. The van der Waals surface area contributed by atoms with Gasteiger partial charge in [-0.3, -0.25) is 0 Å². The standard InChI is InChI=1S/C9H11N3O/c1-6-4-7(2-3-13)12-8(5-10)9(6)11/h4,13H,2-3,11H2,1H3. The molecular weight excluding hydrogens is 166 g/mol. The fourth-order valence-corrected chi connectivity index (χ4v) is 1.08. The van der Waals surface area contributed by atoms with E-state index in [1.165, 1.54) is 0 Å². The smallest absolute Gasteiger partial charge is 0.163 e. The third-order valence-electron chi connectivity index (χ3n) is 1.79.